The van der Waals surface area contributed by atoms with Crippen LogP contribution >= 0.6 is 11.3 Å². The van der Waals surface area contributed by atoms with Gasteiger partial charge in [-0.15, -0.1) is 11.3 Å². The van der Waals surface area contributed by atoms with Crippen LogP contribution in [0.5, 0.6) is 0 Å². The van der Waals surface area contributed by atoms with Crippen molar-refractivity contribution >= 4 is 17.2 Å². The Morgan fingerprint density at radius 1 is 1.26 bits per heavy atom. The van der Waals surface area contributed by atoms with Gasteiger partial charge in [0.2, 0.25) is 0 Å². The maximum Gasteiger partial charge on any atom is 0.273 e. The van der Waals surface area contributed by atoms with E-state index >= 15 is 0 Å². The van der Waals surface area contributed by atoms with E-state index < -0.39 is 0 Å². The third-order valence-electron chi connectivity index (χ3n) is 4.80. The van der Waals surface area contributed by atoms with Crippen LogP contribution in [-0.2, 0) is 6.54 Å². The number of nitrogens with zero attached hydrogens (tertiary/aromatic N) is 3. The summed E-state index contributed by atoms with van der Waals surface area (Å²) in [5.41, 5.74) is 3.28. The lowest BCUT2D eigenvalue weighted by Crippen LogP contribution is -2.33. The van der Waals surface area contributed by atoms with Crippen LogP contribution in [0.4, 0.5) is 4.39 Å². The van der Waals surface area contributed by atoms with E-state index in [0.29, 0.717) is 17.5 Å². The molecule has 0 bridgehead atoms. The summed E-state index contributed by atoms with van der Waals surface area (Å²) < 4.78 is 13.3. The van der Waals surface area contributed by atoms with Crippen LogP contribution in [0.25, 0.3) is 0 Å². The van der Waals surface area contributed by atoms with Crippen LogP contribution in [-0.4, -0.2) is 46.9 Å². The fourth-order valence-electron chi connectivity index (χ4n) is 3.76. The number of hydrogen-bond donors (Lipinski definition) is 0. The molecule has 0 N–H and O–H groups in total. The monoisotopic (exact) mass is 331 g/mol. The normalized spacial score (nSPS) is 24.1. The molecule has 2 saturated heterocycles. The van der Waals surface area contributed by atoms with E-state index in [1.165, 1.54) is 17.4 Å². The Balaban J connectivity index is 1.36. The number of fused-ring (bicyclic) bond motifs is 1. The second-order valence-electron chi connectivity index (χ2n) is 6.43. The zero-order valence-electron chi connectivity index (χ0n) is 12.7. The fourth-order valence-corrected chi connectivity index (χ4v) is 4.28. The molecule has 2 aliphatic rings. The zero-order chi connectivity index (χ0) is 15.8. The van der Waals surface area contributed by atoms with Gasteiger partial charge < -0.3 is 4.90 Å². The highest BCUT2D eigenvalue weighted by atomic mass is 32.1. The number of hydrogen-bond acceptors (Lipinski definition) is 4. The van der Waals surface area contributed by atoms with Gasteiger partial charge in [0.05, 0.1) is 5.51 Å². The van der Waals surface area contributed by atoms with Crippen molar-refractivity contribution in [3.63, 3.8) is 0 Å². The number of thiazole rings is 1. The van der Waals surface area contributed by atoms with E-state index in [9.17, 15) is 9.18 Å². The van der Waals surface area contributed by atoms with Gasteiger partial charge in [0.1, 0.15) is 11.5 Å². The number of halogens is 1. The van der Waals surface area contributed by atoms with Crippen molar-refractivity contribution in [1.82, 2.24) is 14.8 Å². The molecule has 1 aromatic heterocycles. The lowest BCUT2D eigenvalue weighted by Gasteiger charge is -2.21. The van der Waals surface area contributed by atoms with E-state index in [-0.39, 0.29) is 11.7 Å². The lowest BCUT2D eigenvalue weighted by atomic mass is 10.0. The van der Waals surface area contributed by atoms with Crippen molar-refractivity contribution in [3.8, 4) is 0 Å². The minimum atomic E-state index is -0.179. The Morgan fingerprint density at radius 2 is 2.04 bits per heavy atom. The predicted octanol–water partition coefficient (Wildman–Crippen LogP) is 2.49. The number of carbonyl (C=O) groups excluding carboxylic acids is 1. The Labute approximate surface area is 138 Å². The molecule has 3 heterocycles. The highest BCUT2D eigenvalue weighted by Crippen LogP contribution is 2.32. The Morgan fingerprint density at radius 3 is 2.70 bits per heavy atom. The van der Waals surface area contributed by atoms with Crippen LogP contribution in [0, 0.1) is 17.7 Å². The first kappa shape index (κ1) is 14.8. The zero-order valence-corrected chi connectivity index (χ0v) is 13.5. The highest BCUT2D eigenvalue weighted by Gasteiger charge is 2.41. The van der Waals surface area contributed by atoms with Gasteiger partial charge in [0, 0.05) is 38.1 Å². The smallest absolute Gasteiger partial charge is 0.273 e. The third-order valence-corrected chi connectivity index (χ3v) is 5.38. The van der Waals surface area contributed by atoms with Crippen molar-refractivity contribution in [2.45, 2.75) is 6.54 Å². The molecule has 6 heteroatoms. The van der Waals surface area contributed by atoms with Crippen LogP contribution in [0.2, 0.25) is 0 Å². The van der Waals surface area contributed by atoms with Crippen molar-refractivity contribution in [1.29, 1.82) is 0 Å². The summed E-state index contributed by atoms with van der Waals surface area (Å²) in [4.78, 5) is 20.8. The maximum atomic E-state index is 13.3. The minimum Gasteiger partial charge on any atom is -0.337 e. The standard InChI is InChI=1S/C17H18FN3OS/c18-15-3-1-2-12(4-15)5-20-6-13-8-21(9-14(13)7-20)17(22)16-10-23-11-19-16/h1-4,10-11,13-14H,5-9H2/t13-,14-/m1/s1. The largest absolute Gasteiger partial charge is 0.337 e. The van der Waals surface area contributed by atoms with Gasteiger partial charge in [-0.1, -0.05) is 12.1 Å². The summed E-state index contributed by atoms with van der Waals surface area (Å²) in [7, 11) is 0. The van der Waals surface area contributed by atoms with Crippen molar-refractivity contribution < 1.29 is 9.18 Å². The number of amides is 1. The lowest BCUT2D eigenvalue weighted by molar-refractivity contribution is 0.0768. The third kappa shape index (κ3) is 3.01. The van der Waals surface area contributed by atoms with Gasteiger partial charge in [-0.2, -0.15) is 0 Å². The summed E-state index contributed by atoms with van der Waals surface area (Å²) in [5, 5.41) is 1.81. The summed E-state index contributed by atoms with van der Waals surface area (Å²) in [5.74, 6) is 0.913. The average molecular weight is 331 g/mol. The highest BCUT2D eigenvalue weighted by molar-refractivity contribution is 7.07. The Hall–Kier alpha value is -1.79. The molecule has 0 unspecified atom stereocenters. The van der Waals surface area contributed by atoms with Crippen LogP contribution in [0.15, 0.2) is 35.2 Å². The van der Waals surface area contributed by atoms with E-state index in [1.807, 2.05) is 16.3 Å². The molecular formula is C17H18FN3OS. The quantitative estimate of drug-likeness (QED) is 0.867. The molecule has 2 aliphatic heterocycles. The molecule has 4 nitrogen and oxygen atoms in total. The van der Waals surface area contributed by atoms with Crippen LogP contribution in [0.1, 0.15) is 16.1 Å². The first-order valence-corrected chi connectivity index (χ1v) is 8.77. The first-order valence-electron chi connectivity index (χ1n) is 7.83. The van der Waals surface area contributed by atoms with Gasteiger partial charge in [-0.05, 0) is 29.5 Å². The van der Waals surface area contributed by atoms with Crippen LogP contribution < -0.4 is 0 Å². The number of aromatic nitrogens is 1. The molecular weight excluding hydrogens is 313 g/mol. The predicted molar refractivity (Wildman–Crippen MR) is 86.7 cm³/mol. The van der Waals surface area contributed by atoms with Gasteiger partial charge in [-0.25, -0.2) is 9.37 Å². The second kappa shape index (κ2) is 6.02. The van der Waals surface area contributed by atoms with E-state index in [0.717, 1.165) is 38.3 Å². The second-order valence-corrected chi connectivity index (χ2v) is 7.15. The Kier molecular flexibility index (Phi) is 3.87. The van der Waals surface area contributed by atoms with Gasteiger partial charge >= 0.3 is 0 Å². The molecule has 0 radical (unpaired) electrons. The van der Waals surface area contributed by atoms with E-state index in [2.05, 4.69) is 9.88 Å². The molecule has 0 aliphatic carbocycles. The van der Waals surface area contributed by atoms with Crippen molar-refractivity contribution in [3.05, 3.63) is 52.2 Å². The number of rotatable bonds is 3. The molecule has 2 aromatic rings. The summed E-state index contributed by atoms with van der Waals surface area (Å²) >= 11 is 1.45. The number of likely N-dealkylation sites (tertiary alicyclic amines) is 2. The fraction of sp³-hybridized carbons (Fsp3) is 0.412. The topological polar surface area (TPSA) is 36.4 Å². The summed E-state index contributed by atoms with van der Waals surface area (Å²) in [6.07, 6.45) is 0. The molecule has 23 heavy (non-hydrogen) atoms. The van der Waals surface area contributed by atoms with Crippen LogP contribution in [0.3, 0.4) is 0 Å². The summed E-state index contributed by atoms with van der Waals surface area (Å²) in [6, 6.07) is 6.81. The number of benzene rings is 1. The molecule has 1 aromatic carbocycles. The van der Waals surface area contributed by atoms with E-state index in [1.54, 1.807) is 17.6 Å². The maximum absolute atomic E-state index is 13.3. The molecule has 0 spiro atoms. The SMILES string of the molecule is O=C(c1cscn1)N1C[C@H]2CN(Cc3cccc(F)c3)C[C@@H]2C1. The van der Waals surface area contributed by atoms with Gasteiger partial charge in [0.25, 0.3) is 5.91 Å². The summed E-state index contributed by atoms with van der Waals surface area (Å²) in [6.45, 7) is 4.34. The molecule has 2 atom stereocenters. The molecule has 4 rings (SSSR count). The molecule has 0 saturated carbocycles. The van der Waals surface area contributed by atoms with Crippen molar-refractivity contribution in [2.75, 3.05) is 26.2 Å². The molecule has 120 valence electrons. The van der Waals surface area contributed by atoms with Gasteiger partial charge in [0.15, 0.2) is 0 Å². The molecule has 1 amide bonds. The van der Waals surface area contributed by atoms with E-state index in [4.69, 9.17) is 0 Å². The minimum absolute atomic E-state index is 0.0531. The van der Waals surface area contributed by atoms with Crippen molar-refractivity contribution in [2.24, 2.45) is 11.8 Å². The Bertz CT molecular complexity index is 692. The van der Waals surface area contributed by atoms with Gasteiger partial charge in [-0.3, -0.25) is 9.69 Å². The average Bonchev–Trinajstić information content (AvgIpc) is 3.22. The molecule has 2 fully saturated rings. The number of carbonyl (C=O) groups is 1. The first-order chi connectivity index (χ1) is 11.2.